The fraction of sp³-hybridized carbons (Fsp3) is 0.182. The Bertz CT molecular complexity index is 1320. The van der Waals surface area contributed by atoms with Crippen molar-refractivity contribution in [1.29, 1.82) is 0 Å². The Hall–Kier alpha value is -3.54. The lowest BCUT2D eigenvalue weighted by Gasteiger charge is -2.21. The number of aromatic amines is 2. The number of aromatic nitrogens is 6. The molecule has 136 valence electrons. The molecule has 1 aliphatic rings. The van der Waals surface area contributed by atoms with Gasteiger partial charge in [-0.1, -0.05) is 0 Å². The minimum absolute atomic E-state index is 0.970. The van der Waals surface area contributed by atoms with Gasteiger partial charge in [0.2, 0.25) is 0 Å². The number of pyridine rings is 2. The molecule has 0 fully saturated rings. The third-order valence-corrected chi connectivity index (χ3v) is 5.73. The number of hydrogen-bond donors (Lipinski definition) is 2. The maximum Gasteiger partial charge on any atom is 0.0782 e. The summed E-state index contributed by atoms with van der Waals surface area (Å²) in [6, 6.07) is 8.15. The first kappa shape index (κ1) is 15.5. The van der Waals surface area contributed by atoms with Crippen LogP contribution in [0.15, 0.2) is 49.1 Å². The first-order chi connectivity index (χ1) is 13.9. The van der Waals surface area contributed by atoms with Crippen LogP contribution in [0.3, 0.4) is 0 Å². The molecule has 6 rings (SSSR count). The molecule has 0 saturated carbocycles. The first-order valence-corrected chi connectivity index (χ1v) is 9.62. The second-order valence-electron chi connectivity index (χ2n) is 7.32. The van der Waals surface area contributed by atoms with Crippen molar-refractivity contribution in [3.8, 4) is 22.5 Å². The number of rotatable bonds is 2. The SMILES string of the molecule is c1cncc(-c2[nH]ncc2-c2nc3ccc4[nH]ncc4c3c3c2CCCC3)c1. The van der Waals surface area contributed by atoms with E-state index in [1.54, 1.807) is 6.20 Å². The number of fused-ring (bicyclic) bond motifs is 5. The van der Waals surface area contributed by atoms with Gasteiger partial charge in [-0.3, -0.25) is 15.2 Å². The van der Waals surface area contributed by atoms with Crippen LogP contribution in [0, 0.1) is 0 Å². The molecule has 0 spiro atoms. The van der Waals surface area contributed by atoms with Crippen LogP contribution in [-0.2, 0) is 12.8 Å². The summed E-state index contributed by atoms with van der Waals surface area (Å²) in [6.45, 7) is 0. The third-order valence-electron chi connectivity index (χ3n) is 5.73. The van der Waals surface area contributed by atoms with Crippen LogP contribution >= 0.6 is 0 Å². The van der Waals surface area contributed by atoms with Crippen LogP contribution in [0.2, 0.25) is 0 Å². The molecular weight excluding hydrogens is 348 g/mol. The molecular formula is C22H18N6. The van der Waals surface area contributed by atoms with Crippen molar-refractivity contribution >= 4 is 21.8 Å². The van der Waals surface area contributed by atoms with Crippen LogP contribution in [0.1, 0.15) is 24.0 Å². The number of benzene rings is 1. The molecule has 0 aliphatic heterocycles. The summed E-state index contributed by atoms with van der Waals surface area (Å²) < 4.78 is 0. The van der Waals surface area contributed by atoms with Crippen molar-refractivity contribution in [1.82, 2.24) is 30.4 Å². The van der Waals surface area contributed by atoms with E-state index in [1.807, 2.05) is 30.7 Å². The molecule has 6 nitrogen and oxygen atoms in total. The van der Waals surface area contributed by atoms with Crippen LogP contribution in [-0.4, -0.2) is 30.4 Å². The molecule has 1 aromatic carbocycles. The smallest absolute Gasteiger partial charge is 0.0782 e. The predicted molar refractivity (Wildman–Crippen MR) is 109 cm³/mol. The molecule has 5 aromatic rings. The Morgan fingerprint density at radius 1 is 0.857 bits per heavy atom. The Morgan fingerprint density at radius 3 is 2.64 bits per heavy atom. The molecule has 6 heteroatoms. The molecule has 0 amide bonds. The van der Waals surface area contributed by atoms with Crippen LogP contribution in [0.4, 0.5) is 0 Å². The number of nitrogens with one attached hydrogen (secondary N) is 2. The normalized spacial score (nSPS) is 13.9. The molecule has 0 radical (unpaired) electrons. The summed E-state index contributed by atoms with van der Waals surface area (Å²) in [5.74, 6) is 0. The molecule has 1 aliphatic carbocycles. The summed E-state index contributed by atoms with van der Waals surface area (Å²) >= 11 is 0. The Balaban J connectivity index is 1.68. The largest absolute Gasteiger partial charge is 0.278 e. The molecule has 0 atom stereocenters. The maximum atomic E-state index is 5.12. The number of aryl methyl sites for hydroxylation is 1. The van der Waals surface area contributed by atoms with Gasteiger partial charge in [-0.2, -0.15) is 10.2 Å². The van der Waals surface area contributed by atoms with E-state index in [0.717, 1.165) is 51.8 Å². The fourth-order valence-electron chi connectivity index (χ4n) is 4.47. The van der Waals surface area contributed by atoms with Gasteiger partial charge in [0.15, 0.2) is 0 Å². The maximum absolute atomic E-state index is 5.12. The summed E-state index contributed by atoms with van der Waals surface area (Å²) in [6.07, 6.45) is 12.0. The zero-order chi connectivity index (χ0) is 18.5. The summed E-state index contributed by atoms with van der Waals surface area (Å²) in [5, 5.41) is 17.2. The zero-order valence-corrected chi connectivity index (χ0v) is 15.2. The number of hydrogen-bond acceptors (Lipinski definition) is 4. The highest BCUT2D eigenvalue weighted by molar-refractivity contribution is 6.08. The Kier molecular flexibility index (Phi) is 3.32. The third kappa shape index (κ3) is 2.21. The highest BCUT2D eigenvalue weighted by Gasteiger charge is 2.23. The van der Waals surface area contributed by atoms with E-state index in [0.29, 0.717) is 0 Å². The highest BCUT2D eigenvalue weighted by Crippen LogP contribution is 2.39. The van der Waals surface area contributed by atoms with Crippen molar-refractivity contribution in [3.63, 3.8) is 0 Å². The van der Waals surface area contributed by atoms with Crippen LogP contribution in [0.25, 0.3) is 44.3 Å². The van der Waals surface area contributed by atoms with Gasteiger partial charge in [0.05, 0.1) is 34.8 Å². The van der Waals surface area contributed by atoms with E-state index in [9.17, 15) is 0 Å². The monoisotopic (exact) mass is 366 g/mol. The van der Waals surface area contributed by atoms with E-state index >= 15 is 0 Å². The van der Waals surface area contributed by atoms with Crippen molar-refractivity contribution < 1.29 is 0 Å². The summed E-state index contributed by atoms with van der Waals surface area (Å²) in [7, 11) is 0. The second kappa shape index (κ2) is 5.99. The van der Waals surface area contributed by atoms with E-state index in [4.69, 9.17) is 4.98 Å². The molecule has 0 bridgehead atoms. The molecule has 4 heterocycles. The zero-order valence-electron chi connectivity index (χ0n) is 15.2. The highest BCUT2D eigenvalue weighted by atomic mass is 15.1. The van der Waals surface area contributed by atoms with Crippen molar-refractivity contribution in [2.45, 2.75) is 25.7 Å². The first-order valence-electron chi connectivity index (χ1n) is 9.62. The lowest BCUT2D eigenvalue weighted by Crippen LogP contribution is -2.08. The van der Waals surface area contributed by atoms with Gasteiger partial charge >= 0.3 is 0 Å². The topological polar surface area (TPSA) is 83.1 Å². The van der Waals surface area contributed by atoms with Gasteiger partial charge in [0.25, 0.3) is 0 Å². The molecule has 28 heavy (non-hydrogen) atoms. The van der Waals surface area contributed by atoms with Gasteiger partial charge in [0.1, 0.15) is 0 Å². The lowest BCUT2D eigenvalue weighted by molar-refractivity contribution is 0.689. The lowest BCUT2D eigenvalue weighted by atomic mass is 9.85. The van der Waals surface area contributed by atoms with Crippen molar-refractivity contribution in [2.75, 3.05) is 0 Å². The van der Waals surface area contributed by atoms with Gasteiger partial charge in [-0.05, 0) is 61.1 Å². The number of H-pyrrole nitrogens is 2. The fourth-order valence-corrected chi connectivity index (χ4v) is 4.47. The molecule has 4 aromatic heterocycles. The molecule has 2 N–H and O–H groups in total. The van der Waals surface area contributed by atoms with E-state index in [-0.39, 0.29) is 0 Å². The van der Waals surface area contributed by atoms with Gasteiger partial charge in [0, 0.05) is 34.3 Å². The van der Waals surface area contributed by atoms with Gasteiger partial charge in [-0.25, -0.2) is 4.98 Å². The molecule has 0 unspecified atom stereocenters. The Labute approximate surface area is 161 Å². The average Bonchev–Trinajstić information content (AvgIpc) is 3.43. The van der Waals surface area contributed by atoms with Crippen LogP contribution < -0.4 is 0 Å². The second-order valence-corrected chi connectivity index (χ2v) is 7.32. The van der Waals surface area contributed by atoms with E-state index in [1.165, 1.54) is 29.4 Å². The minimum atomic E-state index is 0.970. The summed E-state index contributed by atoms with van der Waals surface area (Å²) in [5.41, 5.74) is 8.91. The quantitative estimate of drug-likeness (QED) is 0.484. The van der Waals surface area contributed by atoms with Crippen molar-refractivity contribution in [3.05, 3.63) is 60.2 Å². The minimum Gasteiger partial charge on any atom is -0.278 e. The van der Waals surface area contributed by atoms with E-state index in [2.05, 4.69) is 37.5 Å². The van der Waals surface area contributed by atoms with Crippen molar-refractivity contribution in [2.24, 2.45) is 0 Å². The Morgan fingerprint density at radius 2 is 1.75 bits per heavy atom. The van der Waals surface area contributed by atoms with Crippen LogP contribution in [0.5, 0.6) is 0 Å². The van der Waals surface area contributed by atoms with Gasteiger partial charge < -0.3 is 0 Å². The standard InChI is InChI=1S/C22H18N6/c1-2-6-15-14(5-1)20-16-11-24-27-18(16)7-8-19(20)26-22(15)17-12-25-28-21(17)13-4-3-9-23-10-13/h3-4,7-12H,1-2,5-6H2,(H,24,27)(H,25,28). The summed E-state index contributed by atoms with van der Waals surface area (Å²) in [4.78, 5) is 9.39. The number of nitrogens with zero attached hydrogens (tertiary/aromatic N) is 4. The van der Waals surface area contributed by atoms with E-state index < -0.39 is 0 Å². The molecule has 0 saturated heterocycles. The average molecular weight is 366 g/mol. The predicted octanol–water partition coefficient (Wildman–Crippen LogP) is 4.44. The van der Waals surface area contributed by atoms with Gasteiger partial charge in [-0.15, -0.1) is 0 Å².